The summed E-state index contributed by atoms with van der Waals surface area (Å²) in [6.45, 7) is 6.91. The minimum Gasteiger partial charge on any atom is -0.507 e. The average Bonchev–Trinajstić information content (AvgIpc) is 3.14. The van der Waals surface area contributed by atoms with E-state index >= 15 is 0 Å². The van der Waals surface area contributed by atoms with E-state index in [9.17, 15) is 14.7 Å². The Hall–Kier alpha value is -2.94. The molecule has 2 aromatic rings. The lowest BCUT2D eigenvalue weighted by Gasteiger charge is -2.27. The zero-order chi connectivity index (χ0) is 28.1. The summed E-state index contributed by atoms with van der Waals surface area (Å²) in [4.78, 5) is 32.4. The molecule has 0 spiro atoms. The van der Waals surface area contributed by atoms with E-state index in [4.69, 9.17) is 32.7 Å². The molecular weight excluding hydrogens is 529 g/mol. The molecule has 1 aliphatic heterocycles. The van der Waals surface area contributed by atoms with Crippen LogP contribution in [0.4, 0.5) is 5.69 Å². The Morgan fingerprint density at radius 2 is 1.63 bits per heavy atom. The number of ketones is 1. The van der Waals surface area contributed by atoms with Crippen LogP contribution in [0.1, 0.15) is 37.4 Å². The molecule has 2 aromatic carbocycles. The molecule has 206 valence electrons. The van der Waals surface area contributed by atoms with Crippen LogP contribution in [-0.4, -0.2) is 81.1 Å². The molecule has 3 rings (SSSR count). The number of nitrogens with zero attached hydrogens (tertiary/aromatic N) is 3. The SMILES string of the molecule is CCN(CC)c1ccc(C2/C(=C(\O)c3cc(Cl)c(OC)c(Cl)c3OC)C(=O)C(=O)N2CCCN(C)C)cc1. The lowest BCUT2D eigenvalue weighted by atomic mass is 9.94. The maximum absolute atomic E-state index is 13.4. The standard InChI is InChI=1S/C28H35Cl2N3O5/c1-7-32(8-2)18-12-10-17(11-13-18)23-21(25(35)28(36)33(23)15-9-14-31(3)4)24(34)19-16-20(29)27(38-6)22(30)26(19)37-5/h10-13,16,23,34H,7-9,14-15H2,1-6H3/b24-21+. The lowest BCUT2D eigenvalue weighted by molar-refractivity contribution is -0.139. The number of amides is 1. The number of aliphatic hydroxyl groups excluding tert-OH is 1. The van der Waals surface area contributed by atoms with Gasteiger partial charge in [-0.2, -0.15) is 0 Å². The molecular formula is C28H35Cl2N3O5. The molecule has 1 amide bonds. The zero-order valence-corrected chi connectivity index (χ0v) is 24.2. The molecule has 0 bridgehead atoms. The number of hydrogen-bond donors (Lipinski definition) is 1. The number of benzene rings is 2. The summed E-state index contributed by atoms with van der Waals surface area (Å²) in [5, 5.41) is 11.7. The van der Waals surface area contributed by atoms with Gasteiger partial charge >= 0.3 is 0 Å². The molecule has 1 heterocycles. The monoisotopic (exact) mass is 563 g/mol. The van der Waals surface area contributed by atoms with Gasteiger partial charge in [0.05, 0.1) is 36.4 Å². The highest BCUT2D eigenvalue weighted by Gasteiger charge is 2.46. The van der Waals surface area contributed by atoms with Crippen LogP contribution in [0.5, 0.6) is 11.5 Å². The minimum atomic E-state index is -0.799. The topological polar surface area (TPSA) is 82.5 Å². The van der Waals surface area contributed by atoms with Gasteiger partial charge in [0.2, 0.25) is 0 Å². The zero-order valence-electron chi connectivity index (χ0n) is 22.7. The second-order valence-corrected chi connectivity index (χ2v) is 9.98. The predicted molar refractivity (Wildman–Crippen MR) is 152 cm³/mol. The number of carbonyl (C=O) groups excluding carboxylic acids is 2. The van der Waals surface area contributed by atoms with Crippen molar-refractivity contribution in [1.82, 2.24) is 9.80 Å². The molecule has 1 aliphatic rings. The molecule has 0 saturated carbocycles. The number of methoxy groups -OCH3 is 2. The van der Waals surface area contributed by atoms with Crippen molar-refractivity contribution >= 4 is 46.3 Å². The molecule has 1 saturated heterocycles. The van der Waals surface area contributed by atoms with Gasteiger partial charge in [0.1, 0.15) is 10.8 Å². The predicted octanol–water partition coefficient (Wildman–Crippen LogP) is 5.23. The van der Waals surface area contributed by atoms with E-state index in [-0.39, 0.29) is 32.7 Å². The van der Waals surface area contributed by atoms with Crippen LogP contribution in [0, 0.1) is 0 Å². The van der Waals surface area contributed by atoms with Gasteiger partial charge in [0.15, 0.2) is 11.5 Å². The van der Waals surface area contributed by atoms with E-state index < -0.39 is 23.5 Å². The second-order valence-electron chi connectivity index (χ2n) is 9.20. The maximum Gasteiger partial charge on any atom is 0.295 e. The van der Waals surface area contributed by atoms with Crippen LogP contribution in [-0.2, 0) is 9.59 Å². The van der Waals surface area contributed by atoms with E-state index in [0.717, 1.165) is 25.3 Å². The number of carbonyl (C=O) groups is 2. The number of ether oxygens (including phenoxy) is 2. The molecule has 8 nitrogen and oxygen atoms in total. The van der Waals surface area contributed by atoms with Gasteiger partial charge in [-0.3, -0.25) is 9.59 Å². The molecule has 1 atom stereocenters. The van der Waals surface area contributed by atoms with Crippen molar-refractivity contribution in [3.8, 4) is 11.5 Å². The summed E-state index contributed by atoms with van der Waals surface area (Å²) in [6.07, 6.45) is 0.650. The first kappa shape index (κ1) is 29.6. The van der Waals surface area contributed by atoms with Crippen LogP contribution in [0.3, 0.4) is 0 Å². The van der Waals surface area contributed by atoms with Crippen LogP contribution < -0.4 is 14.4 Å². The lowest BCUT2D eigenvalue weighted by Crippen LogP contribution is -2.32. The third-order valence-electron chi connectivity index (χ3n) is 6.68. The van der Waals surface area contributed by atoms with E-state index in [0.29, 0.717) is 18.5 Å². The molecule has 1 fully saturated rings. The van der Waals surface area contributed by atoms with Crippen LogP contribution in [0.2, 0.25) is 10.0 Å². The van der Waals surface area contributed by atoms with Gasteiger partial charge in [0.25, 0.3) is 11.7 Å². The number of likely N-dealkylation sites (tertiary alicyclic amines) is 1. The Balaban J connectivity index is 2.21. The first-order chi connectivity index (χ1) is 18.1. The molecule has 1 unspecified atom stereocenters. The number of rotatable bonds is 11. The summed E-state index contributed by atoms with van der Waals surface area (Å²) in [7, 11) is 6.68. The quantitative estimate of drug-likeness (QED) is 0.227. The number of hydrogen-bond acceptors (Lipinski definition) is 7. The van der Waals surface area contributed by atoms with Gasteiger partial charge in [-0.1, -0.05) is 35.3 Å². The maximum atomic E-state index is 13.4. The fraction of sp³-hybridized carbons (Fsp3) is 0.429. The first-order valence-electron chi connectivity index (χ1n) is 12.5. The van der Waals surface area contributed by atoms with Gasteiger partial charge in [-0.15, -0.1) is 0 Å². The number of Topliss-reactive ketones (excluding diaryl/α,β-unsaturated/α-hetero) is 1. The highest BCUT2D eigenvalue weighted by atomic mass is 35.5. The Kier molecular flexibility index (Phi) is 9.93. The summed E-state index contributed by atoms with van der Waals surface area (Å²) in [6, 6.07) is 8.32. The van der Waals surface area contributed by atoms with Gasteiger partial charge < -0.3 is 29.3 Å². The highest BCUT2D eigenvalue weighted by Crippen LogP contribution is 2.47. The Labute approximate surface area is 234 Å². The van der Waals surface area contributed by atoms with Gasteiger partial charge in [0, 0.05) is 25.3 Å². The fourth-order valence-electron chi connectivity index (χ4n) is 4.76. The van der Waals surface area contributed by atoms with E-state index in [1.807, 2.05) is 43.3 Å². The van der Waals surface area contributed by atoms with E-state index in [1.54, 1.807) is 0 Å². The van der Waals surface area contributed by atoms with Gasteiger partial charge in [-0.25, -0.2) is 0 Å². The van der Waals surface area contributed by atoms with E-state index in [1.165, 1.54) is 25.2 Å². The van der Waals surface area contributed by atoms with Crippen molar-refractivity contribution in [3.63, 3.8) is 0 Å². The van der Waals surface area contributed by atoms with Crippen LogP contribution in [0.15, 0.2) is 35.9 Å². The molecule has 0 aliphatic carbocycles. The Morgan fingerprint density at radius 3 is 2.16 bits per heavy atom. The number of halogens is 2. The van der Waals surface area contributed by atoms with Crippen molar-refractivity contribution in [3.05, 3.63) is 57.1 Å². The molecule has 38 heavy (non-hydrogen) atoms. The summed E-state index contributed by atoms with van der Waals surface area (Å²) >= 11 is 12.8. The van der Waals surface area contributed by atoms with Crippen LogP contribution in [0.25, 0.3) is 5.76 Å². The van der Waals surface area contributed by atoms with Crippen LogP contribution >= 0.6 is 23.2 Å². The average molecular weight is 565 g/mol. The van der Waals surface area contributed by atoms with Crippen molar-refractivity contribution in [2.75, 3.05) is 59.4 Å². The normalized spacial score (nSPS) is 16.9. The third-order valence-corrected chi connectivity index (χ3v) is 7.30. The fourth-order valence-corrected chi connectivity index (χ4v) is 5.45. The van der Waals surface area contributed by atoms with Crippen molar-refractivity contribution in [2.24, 2.45) is 0 Å². The first-order valence-corrected chi connectivity index (χ1v) is 13.2. The number of aliphatic hydroxyl groups is 1. The van der Waals surface area contributed by atoms with Crippen molar-refractivity contribution < 1.29 is 24.2 Å². The van der Waals surface area contributed by atoms with E-state index in [2.05, 4.69) is 18.7 Å². The third kappa shape index (κ3) is 5.72. The second kappa shape index (κ2) is 12.7. The smallest absolute Gasteiger partial charge is 0.295 e. The van der Waals surface area contributed by atoms with Gasteiger partial charge in [-0.05, 0) is 64.7 Å². The van der Waals surface area contributed by atoms with Crippen molar-refractivity contribution in [1.29, 1.82) is 0 Å². The molecule has 10 heteroatoms. The van der Waals surface area contributed by atoms with Crippen molar-refractivity contribution in [2.45, 2.75) is 26.3 Å². The molecule has 0 aromatic heterocycles. The summed E-state index contributed by atoms with van der Waals surface area (Å²) in [5.41, 5.74) is 1.78. The number of anilines is 1. The minimum absolute atomic E-state index is 0.0457. The Bertz CT molecular complexity index is 1210. The summed E-state index contributed by atoms with van der Waals surface area (Å²) in [5.74, 6) is -1.61. The highest BCUT2D eigenvalue weighted by molar-refractivity contribution is 6.47. The molecule has 1 N–H and O–H groups in total. The largest absolute Gasteiger partial charge is 0.507 e. The summed E-state index contributed by atoms with van der Waals surface area (Å²) < 4.78 is 10.7. The Morgan fingerprint density at radius 1 is 1.03 bits per heavy atom. The molecule has 0 radical (unpaired) electrons.